The molecule has 0 aromatic carbocycles. The highest BCUT2D eigenvalue weighted by atomic mass is 15.3. The van der Waals surface area contributed by atoms with E-state index in [0.717, 1.165) is 12.5 Å². The molecule has 1 N–H and O–H groups in total. The number of nitrogens with one attached hydrogen (secondary N) is 1. The average molecular weight is 263 g/mol. The first-order valence-corrected chi connectivity index (χ1v) is 7.71. The van der Waals surface area contributed by atoms with Crippen molar-refractivity contribution < 1.29 is 0 Å². The highest BCUT2D eigenvalue weighted by molar-refractivity contribution is 5.15. The number of hydrogen-bond acceptors (Lipinski definition) is 2. The molecular weight excluding hydrogens is 234 g/mol. The summed E-state index contributed by atoms with van der Waals surface area (Å²) in [4.78, 5) is 0. The molecule has 0 saturated heterocycles. The topological polar surface area (TPSA) is 29.9 Å². The molecule has 2 rings (SSSR count). The Bertz CT molecular complexity index is 400. The van der Waals surface area contributed by atoms with E-state index in [9.17, 15) is 0 Å². The summed E-state index contributed by atoms with van der Waals surface area (Å²) in [6.45, 7) is 8.97. The molecule has 1 aliphatic rings. The zero-order valence-electron chi connectivity index (χ0n) is 13.0. The molecule has 0 unspecified atom stereocenters. The first-order chi connectivity index (χ1) is 9.02. The van der Waals surface area contributed by atoms with E-state index in [4.69, 9.17) is 0 Å². The van der Waals surface area contributed by atoms with Crippen molar-refractivity contribution in [3.8, 4) is 0 Å². The lowest BCUT2D eigenvalue weighted by atomic mass is 9.78. The van der Waals surface area contributed by atoms with E-state index >= 15 is 0 Å². The second-order valence-electron chi connectivity index (χ2n) is 6.79. The molecule has 0 radical (unpaired) electrons. The van der Waals surface area contributed by atoms with Gasteiger partial charge in [0.2, 0.25) is 0 Å². The third-order valence-corrected chi connectivity index (χ3v) is 4.66. The van der Waals surface area contributed by atoms with Crippen LogP contribution < -0.4 is 5.32 Å². The summed E-state index contributed by atoms with van der Waals surface area (Å²) >= 11 is 0. The molecule has 19 heavy (non-hydrogen) atoms. The van der Waals surface area contributed by atoms with Crippen LogP contribution >= 0.6 is 0 Å². The third kappa shape index (κ3) is 3.59. The molecule has 0 amide bonds. The summed E-state index contributed by atoms with van der Waals surface area (Å²) in [7, 11) is 2.01. The first kappa shape index (κ1) is 14.6. The van der Waals surface area contributed by atoms with Gasteiger partial charge in [0, 0.05) is 31.4 Å². The Morgan fingerprint density at radius 2 is 2.05 bits per heavy atom. The lowest BCUT2D eigenvalue weighted by Gasteiger charge is -2.31. The van der Waals surface area contributed by atoms with Crippen molar-refractivity contribution in [3.63, 3.8) is 0 Å². The van der Waals surface area contributed by atoms with Crippen molar-refractivity contribution >= 4 is 0 Å². The zero-order chi connectivity index (χ0) is 13.9. The fraction of sp³-hybridized carbons (Fsp3) is 0.812. The normalized spacial score (nSPS) is 18.4. The van der Waals surface area contributed by atoms with Crippen molar-refractivity contribution in [2.24, 2.45) is 18.4 Å². The summed E-state index contributed by atoms with van der Waals surface area (Å²) < 4.78 is 1.95. The minimum atomic E-state index is 0.560. The van der Waals surface area contributed by atoms with E-state index in [-0.39, 0.29) is 0 Å². The van der Waals surface area contributed by atoms with Crippen molar-refractivity contribution in [1.82, 2.24) is 15.1 Å². The van der Waals surface area contributed by atoms with Crippen molar-refractivity contribution in [2.45, 2.75) is 59.4 Å². The van der Waals surface area contributed by atoms with Gasteiger partial charge in [0.1, 0.15) is 0 Å². The van der Waals surface area contributed by atoms with E-state index in [1.807, 2.05) is 17.9 Å². The summed E-state index contributed by atoms with van der Waals surface area (Å²) in [5.74, 6) is 0.806. The number of nitrogens with zero attached hydrogens (tertiary/aromatic N) is 2. The predicted octanol–water partition coefficient (Wildman–Crippen LogP) is 3.42. The monoisotopic (exact) mass is 263 g/mol. The third-order valence-electron chi connectivity index (χ3n) is 4.66. The molecule has 1 aromatic heterocycles. The zero-order valence-corrected chi connectivity index (χ0v) is 13.0. The Kier molecular flexibility index (Phi) is 4.67. The average Bonchev–Trinajstić information content (AvgIpc) is 2.91. The maximum atomic E-state index is 4.31. The fourth-order valence-electron chi connectivity index (χ4n) is 3.62. The second-order valence-corrected chi connectivity index (χ2v) is 6.79. The maximum Gasteiger partial charge on any atom is 0.0537 e. The highest BCUT2D eigenvalue weighted by Gasteiger charge is 2.33. The van der Waals surface area contributed by atoms with Gasteiger partial charge in [0.05, 0.1) is 6.20 Å². The van der Waals surface area contributed by atoms with Crippen LogP contribution in [0, 0.1) is 18.3 Å². The molecule has 3 heteroatoms. The van der Waals surface area contributed by atoms with Gasteiger partial charge in [0.15, 0.2) is 0 Å². The van der Waals surface area contributed by atoms with Gasteiger partial charge >= 0.3 is 0 Å². The van der Waals surface area contributed by atoms with Crippen LogP contribution in [-0.2, 0) is 13.6 Å². The standard InChI is InChI=1S/C16H29N3/c1-13(2)9-16(7-5-6-8-16)12-17-10-15-11-18-19(4)14(15)3/h11,13,17H,5-10,12H2,1-4H3. The molecule has 0 aliphatic heterocycles. The molecule has 3 nitrogen and oxygen atoms in total. The summed E-state index contributed by atoms with van der Waals surface area (Å²) in [6, 6.07) is 0. The highest BCUT2D eigenvalue weighted by Crippen LogP contribution is 2.42. The first-order valence-electron chi connectivity index (χ1n) is 7.71. The van der Waals surface area contributed by atoms with E-state index in [0.29, 0.717) is 5.41 Å². The van der Waals surface area contributed by atoms with Gasteiger partial charge in [-0.25, -0.2) is 0 Å². The van der Waals surface area contributed by atoms with Crippen LogP contribution in [0.2, 0.25) is 0 Å². The Hall–Kier alpha value is -0.830. The summed E-state index contributed by atoms with van der Waals surface area (Å²) in [6.07, 6.45) is 9.01. The van der Waals surface area contributed by atoms with Gasteiger partial charge in [-0.15, -0.1) is 0 Å². The van der Waals surface area contributed by atoms with Crippen LogP contribution in [-0.4, -0.2) is 16.3 Å². The minimum Gasteiger partial charge on any atom is -0.312 e. The van der Waals surface area contributed by atoms with Crippen LogP contribution in [0.3, 0.4) is 0 Å². The van der Waals surface area contributed by atoms with E-state index in [1.165, 1.54) is 49.9 Å². The van der Waals surface area contributed by atoms with E-state index in [2.05, 4.69) is 31.2 Å². The molecular formula is C16H29N3. The number of hydrogen-bond donors (Lipinski definition) is 1. The SMILES string of the molecule is Cc1c(CNCC2(CC(C)C)CCCC2)cnn1C. The van der Waals surface area contributed by atoms with Gasteiger partial charge in [-0.3, -0.25) is 4.68 Å². The molecule has 0 spiro atoms. The van der Waals surface area contributed by atoms with Crippen LogP contribution in [0.1, 0.15) is 57.2 Å². The van der Waals surface area contributed by atoms with Crippen molar-refractivity contribution in [3.05, 3.63) is 17.5 Å². The molecule has 1 saturated carbocycles. The maximum absolute atomic E-state index is 4.31. The van der Waals surface area contributed by atoms with Crippen molar-refractivity contribution in [2.75, 3.05) is 6.54 Å². The van der Waals surface area contributed by atoms with Crippen molar-refractivity contribution in [1.29, 1.82) is 0 Å². The lowest BCUT2D eigenvalue weighted by molar-refractivity contribution is 0.223. The number of aromatic nitrogens is 2. The molecule has 1 aromatic rings. The lowest BCUT2D eigenvalue weighted by Crippen LogP contribution is -2.33. The molecule has 108 valence electrons. The minimum absolute atomic E-state index is 0.560. The summed E-state index contributed by atoms with van der Waals surface area (Å²) in [5, 5.41) is 8.00. The van der Waals surface area contributed by atoms with Crippen LogP contribution in [0.5, 0.6) is 0 Å². The Balaban J connectivity index is 1.87. The van der Waals surface area contributed by atoms with Gasteiger partial charge in [-0.2, -0.15) is 5.10 Å². The van der Waals surface area contributed by atoms with Gasteiger partial charge < -0.3 is 5.32 Å². The largest absolute Gasteiger partial charge is 0.312 e. The van der Waals surface area contributed by atoms with Crippen LogP contribution in [0.4, 0.5) is 0 Å². The van der Waals surface area contributed by atoms with Gasteiger partial charge in [-0.05, 0) is 37.5 Å². The van der Waals surface area contributed by atoms with E-state index in [1.54, 1.807) is 0 Å². The van der Waals surface area contributed by atoms with Gasteiger partial charge in [-0.1, -0.05) is 26.7 Å². The summed E-state index contributed by atoms with van der Waals surface area (Å²) in [5.41, 5.74) is 3.17. The predicted molar refractivity (Wildman–Crippen MR) is 80.0 cm³/mol. The molecule has 1 heterocycles. The van der Waals surface area contributed by atoms with Crippen LogP contribution in [0.25, 0.3) is 0 Å². The van der Waals surface area contributed by atoms with E-state index < -0.39 is 0 Å². The Morgan fingerprint density at radius 1 is 1.37 bits per heavy atom. The van der Waals surface area contributed by atoms with Gasteiger partial charge in [0.25, 0.3) is 0 Å². The quantitative estimate of drug-likeness (QED) is 0.852. The smallest absolute Gasteiger partial charge is 0.0537 e. The Labute approximate surface area is 117 Å². The molecule has 0 bridgehead atoms. The molecule has 1 aliphatic carbocycles. The second kappa shape index (κ2) is 6.08. The fourth-order valence-corrected chi connectivity index (χ4v) is 3.62. The van der Waals surface area contributed by atoms with Crippen LogP contribution in [0.15, 0.2) is 6.20 Å². The number of aryl methyl sites for hydroxylation is 1. The molecule has 1 fully saturated rings. The number of rotatable bonds is 6. The Morgan fingerprint density at radius 3 is 2.58 bits per heavy atom. The molecule has 0 atom stereocenters.